The third-order valence-corrected chi connectivity index (χ3v) is 3.81. The molecule has 0 radical (unpaired) electrons. The number of likely N-dealkylation sites (N-methyl/N-ethyl adjacent to an activating group) is 2. The molecule has 0 aliphatic carbocycles. The Morgan fingerprint density at radius 2 is 1.81 bits per heavy atom. The quantitative estimate of drug-likeness (QED) is 0.807. The predicted octanol–water partition coefficient (Wildman–Crippen LogP) is 2.91. The lowest BCUT2D eigenvalue weighted by atomic mass is 10.0. The number of pyridine rings is 1. The number of nitrogens with zero attached hydrogens (tertiary/aromatic N) is 2. The number of rotatable bonds is 8. The first kappa shape index (κ1) is 15.7. The SMILES string of the molecule is CCNCC(c1ccccc1)N(C)CCc1ccncc1. The molecule has 1 aromatic heterocycles. The molecular formula is C18H25N3. The molecular weight excluding hydrogens is 258 g/mol. The topological polar surface area (TPSA) is 28.2 Å². The first-order valence-electron chi connectivity index (χ1n) is 7.66. The minimum atomic E-state index is 0.410. The van der Waals surface area contributed by atoms with Crippen LogP contribution in [0.1, 0.15) is 24.1 Å². The molecule has 1 atom stereocenters. The van der Waals surface area contributed by atoms with E-state index in [-0.39, 0.29) is 0 Å². The van der Waals surface area contributed by atoms with Crippen molar-refractivity contribution in [3.05, 3.63) is 66.0 Å². The zero-order valence-electron chi connectivity index (χ0n) is 13.0. The third-order valence-electron chi connectivity index (χ3n) is 3.81. The number of nitrogens with one attached hydrogen (secondary N) is 1. The summed E-state index contributed by atoms with van der Waals surface area (Å²) < 4.78 is 0. The average molecular weight is 283 g/mol. The molecule has 1 unspecified atom stereocenters. The maximum Gasteiger partial charge on any atom is 0.0469 e. The first-order chi connectivity index (χ1) is 10.3. The van der Waals surface area contributed by atoms with E-state index in [9.17, 15) is 0 Å². The van der Waals surface area contributed by atoms with E-state index in [0.29, 0.717) is 6.04 Å². The van der Waals surface area contributed by atoms with Crippen LogP contribution in [0.25, 0.3) is 0 Å². The van der Waals surface area contributed by atoms with E-state index in [1.165, 1.54) is 11.1 Å². The van der Waals surface area contributed by atoms with Crippen molar-refractivity contribution in [1.82, 2.24) is 15.2 Å². The molecule has 0 fully saturated rings. The summed E-state index contributed by atoms with van der Waals surface area (Å²) in [5, 5.41) is 3.47. The van der Waals surface area contributed by atoms with Gasteiger partial charge in [0.2, 0.25) is 0 Å². The van der Waals surface area contributed by atoms with Gasteiger partial charge in [0.15, 0.2) is 0 Å². The predicted molar refractivity (Wildman–Crippen MR) is 88.3 cm³/mol. The van der Waals surface area contributed by atoms with Crippen molar-refractivity contribution in [3.63, 3.8) is 0 Å². The van der Waals surface area contributed by atoms with E-state index >= 15 is 0 Å². The lowest BCUT2D eigenvalue weighted by molar-refractivity contribution is 0.242. The Balaban J connectivity index is 1.99. The van der Waals surface area contributed by atoms with Gasteiger partial charge in [-0.05, 0) is 43.3 Å². The lowest BCUT2D eigenvalue weighted by Crippen LogP contribution is -2.34. The molecule has 3 heteroatoms. The highest BCUT2D eigenvalue weighted by atomic mass is 15.1. The van der Waals surface area contributed by atoms with Crippen LogP contribution in [0.4, 0.5) is 0 Å². The smallest absolute Gasteiger partial charge is 0.0469 e. The van der Waals surface area contributed by atoms with E-state index in [1.807, 2.05) is 12.4 Å². The highest BCUT2D eigenvalue weighted by molar-refractivity contribution is 5.19. The van der Waals surface area contributed by atoms with Crippen molar-refractivity contribution in [2.24, 2.45) is 0 Å². The molecule has 0 aliphatic heterocycles. The molecule has 0 saturated carbocycles. The molecule has 0 aliphatic rings. The van der Waals surface area contributed by atoms with Gasteiger partial charge in [0, 0.05) is 31.5 Å². The van der Waals surface area contributed by atoms with Crippen LogP contribution in [0.2, 0.25) is 0 Å². The maximum atomic E-state index is 4.07. The van der Waals surface area contributed by atoms with Crippen molar-refractivity contribution in [2.45, 2.75) is 19.4 Å². The summed E-state index contributed by atoms with van der Waals surface area (Å²) in [6.45, 7) is 5.17. The molecule has 1 N–H and O–H groups in total. The second kappa shape index (κ2) is 8.55. The summed E-state index contributed by atoms with van der Waals surface area (Å²) in [7, 11) is 2.20. The molecule has 0 amide bonds. The van der Waals surface area contributed by atoms with Gasteiger partial charge in [-0.3, -0.25) is 9.88 Å². The van der Waals surface area contributed by atoms with E-state index in [1.54, 1.807) is 0 Å². The molecule has 112 valence electrons. The molecule has 3 nitrogen and oxygen atoms in total. The lowest BCUT2D eigenvalue weighted by Gasteiger charge is -2.29. The Kier molecular flexibility index (Phi) is 6.38. The van der Waals surface area contributed by atoms with Crippen LogP contribution in [0, 0.1) is 0 Å². The molecule has 1 aromatic carbocycles. The number of hydrogen-bond donors (Lipinski definition) is 1. The van der Waals surface area contributed by atoms with Crippen molar-refractivity contribution >= 4 is 0 Å². The van der Waals surface area contributed by atoms with Gasteiger partial charge in [-0.15, -0.1) is 0 Å². The largest absolute Gasteiger partial charge is 0.315 e. The van der Waals surface area contributed by atoms with Gasteiger partial charge < -0.3 is 5.32 Å². The summed E-state index contributed by atoms with van der Waals surface area (Å²) in [5.74, 6) is 0. The van der Waals surface area contributed by atoms with Crippen molar-refractivity contribution in [3.8, 4) is 0 Å². The van der Waals surface area contributed by atoms with Crippen LogP contribution < -0.4 is 5.32 Å². The molecule has 2 rings (SSSR count). The average Bonchev–Trinajstić information content (AvgIpc) is 2.55. The fourth-order valence-corrected chi connectivity index (χ4v) is 2.50. The number of hydrogen-bond acceptors (Lipinski definition) is 3. The first-order valence-corrected chi connectivity index (χ1v) is 7.66. The second-order valence-electron chi connectivity index (χ2n) is 5.32. The molecule has 0 spiro atoms. The summed E-state index contributed by atoms with van der Waals surface area (Å²) in [5.41, 5.74) is 2.71. The summed E-state index contributed by atoms with van der Waals surface area (Å²) >= 11 is 0. The Hall–Kier alpha value is -1.71. The molecule has 0 bridgehead atoms. The van der Waals surface area contributed by atoms with Gasteiger partial charge in [-0.25, -0.2) is 0 Å². The molecule has 2 aromatic rings. The van der Waals surface area contributed by atoms with E-state index in [4.69, 9.17) is 0 Å². The van der Waals surface area contributed by atoms with E-state index < -0.39 is 0 Å². The maximum absolute atomic E-state index is 4.07. The van der Waals surface area contributed by atoms with Gasteiger partial charge in [-0.1, -0.05) is 37.3 Å². The zero-order valence-corrected chi connectivity index (χ0v) is 13.0. The van der Waals surface area contributed by atoms with Gasteiger partial charge in [0.05, 0.1) is 0 Å². The summed E-state index contributed by atoms with van der Waals surface area (Å²) in [6.07, 6.45) is 4.78. The summed E-state index contributed by atoms with van der Waals surface area (Å²) in [4.78, 5) is 6.50. The van der Waals surface area contributed by atoms with Gasteiger partial charge in [-0.2, -0.15) is 0 Å². The highest BCUT2D eigenvalue weighted by Crippen LogP contribution is 2.18. The Bertz CT molecular complexity index is 498. The fraction of sp³-hybridized carbons (Fsp3) is 0.389. The van der Waals surface area contributed by atoms with Gasteiger partial charge in [0.1, 0.15) is 0 Å². The normalized spacial score (nSPS) is 12.5. The third kappa shape index (κ3) is 4.96. The van der Waals surface area contributed by atoms with E-state index in [0.717, 1.165) is 26.1 Å². The monoisotopic (exact) mass is 283 g/mol. The molecule has 0 saturated heterocycles. The minimum absolute atomic E-state index is 0.410. The number of aromatic nitrogens is 1. The Morgan fingerprint density at radius 1 is 1.10 bits per heavy atom. The van der Waals surface area contributed by atoms with Crippen molar-refractivity contribution in [2.75, 3.05) is 26.7 Å². The van der Waals surface area contributed by atoms with Crippen molar-refractivity contribution < 1.29 is 0 Å². The van der Waals surface area contributed by atoms with Crippen LogP contribution in [-0.4, -0.2) is 36.6 Å². The Labute approximate surface area is 128 Å². The van der Waals surface area contributed by atoms with Crippen LogP contribution in [0.5, 0.6) is 0 Å². The van der Waals surface area contributed by atoms with Crippen LogP contribution >= 0.6 is 0 Å². The van der Waals surface area contributed by atoms with Gasteiger partial charge in [0.25, 0.3) is 0 Å². The standard InChI is InChI=1S/C18H25N3/c1-3-19-15-18(17-7-5-4-6-8-17)21(2)14-11-16-9-12-20-13-10-16/h4-10,12-13,18-19H,3,11,14-15H2,1-2H3. The Morgan fingerprint density at radius 3 is 2.48 bits per heavy atom. The molecule has 1 heterocycles. The van der Waals surface area contributed by atoms with Crippen LogP contribution in [0.3, 0.4) is 0 Å². The van der Waals surface area contributed by atoms with Crippen LogP contribution in [0.15, 0.2) is 54.9 Å². The highest BCUT2D eigenvalue weighted by Gasteiger charge is 2.16. The van der Waals surface area contributed by atoms with Gasteiger partial charge >= 0.3 is 0 Å². The number of benzene rings is 1. The van der Waals surface area contributed by atoms with E-state index in [2.05, 4.69) is 71.6 Å². The molecule has 21 heavy (non-hydrogen) atoms. The second-order valence-corrected chi connectivity index (χ2v) is 5.32. The zero-order chi connectivity index (χ0) is 14.9. The minimum Gasteiger partial charge on any atom is -0.315 e. The summed E-state index contributed by atoms with van der Waals surface area (Å²) in [6, 6.07) is 15.3. The van der Waals surface area contributed by atoms with Crippen molar-refractivity contribution in [1.29, 1.82) is 0 Å². The van der Waals surface area contributed by atoms with Crippen LogP contribution in [-0.2, 0) is 6.42 Å². The fourth-order valence-electron chi connectivity index (χ4n) is 2.50.